The van der Waals surface area contributed by atoms with Crippen molar-refractivity contribution < 1.29 is 18.0 Å². The highest BCUT2D eigenvalue weighted by molar-refractivity contribution is 7.99. The highest BCUT2D eigenvalue weighted by Gasteiger charge is 2.13. The van der Waals surface area contributed by atoms with E-state index in [1.54, 1.807) is 36.4 Å². The minimum Gasteiger partial charge on any atom is -0.416 e. The van der Waals surface area contributed by atoms with E-state index < -0.39 is 5.76 Å². The maximum Gasteiger partial charge on any atom is 0.288 e. The molecule has 4 aromatic rings. The van der Waals surface area contributed by atoms with Gasteiger partial charge in [0.05, 0.1) is 0 Å². The molecule has 0 atom stereocenters. The van der Waals surface area contributed by atoms with Gasteiger partial charge in [-0.2, -0.15) is 8.78 Å². The normalized spacial score (nSPS) is 11.0. The Morgan fingerprint density at radius 1 is 0.935 bits per heavy atom. The van der Waals surface area contributed by atoms with Crippen LogP contribution in [-0.2, 0) is 0 Å². The van der Waals surface area contributed by atoms with Crippen LogP contribution in [-0.4, -0.2) is 21.9 Å². The standard InChI is InChI=1S/C23H17F2N3O2S/c1-14-4-2-3-5-19(14)22-28-27-21(30-22)16-8-6-15(7-9-16)20(29)26-17-10-12-18(13-11-17)31-23(24)25/h2-13,23H,1H3,(H,26,29). The Morgan fingerprint density at radius 3 is 2.29 bits per heavy atom. The maximum absolute atomic E-state index is 12.5. The molecule has 0 aliphatic rings. The number of nitrogens with one attached hydrogen (secondary N) is 1. The van der Waals surface area contributed by atoms with Crippen molar-refractivity contribution in [2.45, 2.75) is 17.6 Å². The summed E-state index contributed by atoms with van der Waals surface area (Å²) >= 11 is 0.457. The van der Waals surface area contributed by atoms with Gasteiger partial charge in [-0.1, -0.05) is 30.0 Å². The van der Waals surface area contributed by atoms with Crippen LogP contribution in [0.2, 0.25) is 0 Å². The highest BCUT2D eigenvalue weighted by atomic mass is 32.2. The topological polar surface area (TPSA) is 68.0 Å². The third-order valence-corrected chi connectivity index (χ3v) is 5.25. The Kier molecular flexibility index (Phi) is 6.08. The molecule has 8 heteroatoms. The number of thioether (sulfide) groups is 1. The molecule has 0 radical (unpaired) electrons. The van der Waals surface area contributed by atoms with Gasteiger partial charge < -0.3 is 9.73 Å². The molecule has 31 heavy (non-hydrogen) atoms. The molecule has 156 valence electrons. The number of nitrogens with zero attached hydrogens (tertiary/aromatic N) is 2. The highest BCUT2D eigenvalue weighted by Crippen LogP contribution is 2.27. The van der Waals surface area contributed by atoms with E-state index in [2.05, 4.69) is 15.5 Å². The summed E-state index contributed by atoms with van der Waals surface area (Å²) in [6.07, 6.45) is 0. The number of aromatic nitrogens is 2. The fourth-order valence-electron chi connectivity index (χ4n) is 2.95. The van der Waals surface area contributed by atoms with Crippen molar-refractivity contribution in [2.24, 2.45) is 0 Å². The van der Waals surface area contributed by atoms with Gasteiger partial charge in [0, 0.05) is 27.3 Å². The van der Waals surface area contributed by atoms with Gasteiger partial charge in [0.2, 0.25) is 11.8 Å². The number of aryl methyl sites for hydroxylation is 1. The second-order valence-electron chi connectivity index (χ2n) is 6.66. The molecule has 0 saturated heterocycles. The van der Waals surface area contributed by atoms with E-state index in [1.807, 2.05) is 31.2 Å². The van der Waals surface area contributed by atoms with Crippen LogP contribution in [0.15, 0.2) is 82.1 Å². The third-order valence-electron chi connectivity index (χ3n) is 4.53. The fraction of sp³-hybridized carbons (Fsp3) is 0.0870. The van der Waals surface area contributed by atoms with E-state index in [-0.39, 0.29) is 5.91 Å². The lowest BCUT2D eigenvalue weighted by atomic mass is 10.1. The second kappa shape index (κ2) is 9.09. The number of rotatable bonds is 6. The Balaban J connectivity index is 1.45. The van der Waals surface area contributed by atoms with Crippen LogP contribution >= 0.6 is 11.8 Å². The Bertz CT molecular complexity index is 1190. The molecular weight excluding hydrogens is 420 g/mol. The van der Waals surface area contributed by atoms with Crippen LogP contribution in [0.3, 0.4) is 0 Å². The van der Waals surface area contributed by atoms with Gasteiger partial charge in [-0.25, -0.2) is 0 Å². The number of carbonyl (C=O) groups excluding carboxylic acids is 1. The molecule has 0 fully saturated rings. The van der Waals surface area contributed by atoms with E-state index in [0.29, 0.717) is 45.3 Å². The third kappa shape index (κ3) is 4.97. The average molecular weight is 437 g/mol. The molecule has 0 unspecified atom stereocenters. The second-order valence-corrected chi connectivity index (χ2v) is 7.73. The Morgan fingerprint density at radius 2 is 1.61 bits per heavy atom. The summed E-state index contributed by atoms with van der Waals surface area (Å²) in [5.74, 6) is -2.00. The summed E-state index contributed by atoms with van der Waals surface area (Å²) in [6, 6.07) is 20.8. The predicted octanol–water partition coefficient (Wildman–Crippen LogP) is 6.28. The molecule has 1 N–H and O–H groups in total. The zero-order valence-electron chi connectivity index (χ0n) is 16.4. The zero-order chi connectivity index (χ0) is 21.8. The first kappa shape index (κ1) is 20.7. The monoisotopic (exact) mass is 437 g/mol. The Hall–Kier alpha value is -3.52. The summed E-state index contributed by atoms with van der Waals surface area (Å²) in [6.45, 7) is 1.97. The molecule has 1 amide bonds. The molecule has 0 aliphatic heterocycles. The Labute approximate surface area is 181 Å². The first-order chi connectivity index (χ1) is 15.0. The quantitative estimate of drug-likeness (QED) is 0.360. The summed E-state index contributed by atoms with van der Waals surface area (Å²) < 4.78 is 30.6. The molecule has 3 aromatic carbocycles. The van der Waals surface area contributed by atoms with E-state index in [1.165, 1.54) is 12.1 Å². The number of halogens is 2. The van der Waals surface area contributed by atoms with E-state index in [4.69, 9.17) is 4.42 Å². The molecule has 0 aliphatic carbocycles. The van der Waals surface area contributed by atoms with Crippen molar-refractivity contribution in [3.05, 3.63) is 83.9 Å². The smallest absolute Gasteiger partial charge is 0.288 e. The first-order valence-electron chi connectivity index (χ1n) is 9.36. The minimum atomic E-state index is -2.48. The van der Waals surface area contributed by atoms with Crippen molar-refractivity contribution in [2.75, 3.05) is 5.32 Å². The lowest BCUT2D eigenvalue weighted by Crippen LogP contribution is -2.11. The van der Waals surface area contributed by atoms with E-state index >= 15 is 0 Å². The largest absolute Gasteiger partial charge is 0.416 e. The van der Waals surface area contributed by atoms with Crippen molar-refractivity contribution in [1.82, 2.24) is 10.2 Å². The number of amides is 1. The van der Waals surface area contributed by atoms with Crippen LogP contribution < -0.4 is 5.32 Å². The van der Waals surface area contributed by atoms with Gasteiger partial charge in [-0.3, -0.25) is 4.79 Å². The lowest BCUT2D eigenvalue weighted by molar-refractivity contribution is 0.102. The van der Waals surface area contributed by atoms with Crippen molar-refractivity contribution in [3.8, 4) is 22.9 Å². The van der Waals surface area contributed by atoms with Crippen LogP contribution in [0.1, 0.15) is 15.9 Å². The molecule has 5 nitrogen and oxygen atoms in total. The predicted molar refractivity (Wildman–Crippen MR) is 116 cm³/mol. The van der Waals surface area contributed by atoms with Crippen molar-refractivity contribution in [3.63, 3.8) is 0 Å². The minimum absolute atomic E-state index is 0.313. The van der Waals surface area contributed by atoms with Crippen molar-refractivity contribution >= 4 is 23.4 Å². The summed E-state index contributed by atoms with van der Waals surface area (Å²) in [5.41, 5.74) is 3.55. The van der Waals surface area contributed by atoms with Crippen molar-refractivity contribution in [1.29, 1.82) is 0 Å². The van der Waals surface area contributed by atoms with E-state index in [9.17, 15) is 13.6 Å². The molecule has 4 rings (SSSR count). The van der Waals surface area contributed by atoms with Gasteiger partial charge in [0.25, 0.3) is 11.7 Å². The number of hydrogen-bond acceptors (Lipinski definition) is 5. The van der Waals surface area contributed by atoms with Crippen LogP contribution in [0.5, 0.6) is 0 Å². The average Bonchev–Trinajstić information content (AvgIpc) is 3.25. The maximum atomic E-state index is 12.5. The molecular formula is C23H17F2N3O2S. The molecule has 0 saturated carbocycles. The van der Waals surface area contributed by atoms with Gasteiger partial charge in [-0.05, 0) is 67.1 Å². The molecule has 0 bridgehead atoms. The van der Waals surface area contributed by atoms with Crippen LogP contribution in [0.4, 0.5) is 14.5 Å². The lowest BCUT2D eigenvalue weighted by Gasteiger charge is -2.07. The number of anilines is 1. The molecule has 1 aromatic heterocycles. The van der Waals surface area contributed by atoms with Crippen LogP contribution in [0, 0.1) is 6.92 Å². The molecule has 1 heterocycles. The number of benzene rings is 3. The number of alkyl halides is 2. The number of carbonyl (C=O) groups is 1. The van der Waals surface area contributed by atoms with Gasteiger partial charge >= 0.3 is 0 Å². The van der Waals surface area contributed by atoms with Gasteiger partial charge in [0.1, 0.15) is 0 Å². The van der Waals surface area contributed by atoms with Crippen LogP contribution in [0.25, 0.3) is 22.9 Å². The van der Waals surface area contributed by atoms with Gasteiger partial charge in [0.15, 0.2) is 0 Å². The number of hydrogen-bond donors (Lipinski definition) is 1. The van der Waals surface area contributed by atoms with Gasteiger partial charge in [-0.15, -0.1) is 10.2 Å². The first-order valence-corrected chi connectivity index (χ1v) is 10.2. The zero-order valence-corrected chi connectivity index (χ0v) is 17.2. The summed E-state index contributed by atoms with van der Waals surface area (Å²) in [7, 11) is 0. The fourth-order valence-corrected chi connectivity index (χ4v) is 3.45. The molecule has 0 spiro atoms. The summed E-state index contributed by atoms with van der Waals surface area (Å²) in [4.78, 5) is 12.9. The van der Waals surface area contributed by atoms with E-state index in [0.717, 1.165) is 11.1 Å². The SMILES string of the molecule is Cc1ccccc1-c1nnc(-c2ccc(C(=O)Nc3ccc(SC(F)F)cc3)cc2)o1. The summed E-state index contributed by atoms with van der Waals surface area (Å²) in [5, 5.41) is 11.0.